The second-order valence-electron chi connectivity index (χ2n) is 5.54. The predicted molar refractivity (Wildman–Crippen MR) is 82.6 cm³/mol. The number of hydrogen-bond donors (Lipinski definition) is 1. The highest BCUT2D eigenvalue weighted by atomic mass is 16.5. The van der Waals surface area contributed by atoms with Crippen LogP contribution in [-0.2, 0) is 0 Å². The van der Waals surface area contributed by atoms with Crippen LogP contribution >= 0.6 is 0 Å². The first kappa shape index (κ1) is 13.7. The summed E-state index contributed by atoms with van der Waals surface area (Å²) >= 11 is 0. The van der Waals surface area contributed by atoms with Gasteiger partial charge in [0.05, 0.1) is 0 Å². The number of carbonyl (C=O) groups is 1. The third-order valence-electron chi connectivity index (χ3n) is 3.76. The maximum atomic E-state index is 12.2. The smallest absolute Gasteiger partial charge is 0.251 e. The summed E-state index contributed by atoms with van der Waals surface area (Å²) in [5, 5.41) is 3.05. The van der Waals surface area contributed by atoms with Gasteiger partial charge in [0.15, 0.2) is 0 Å². The Hall–Kier alpha value is -2.29. The van der Waals surface area contributed by atoms with Crippen molar-refractivity contribution < 1.29 is 9.53 Å². The lowest BCUT2D eigenvalue weighted by Gasteiger charge is -2.13. The Bertz CT molecular complexity index is 620. The number of hydrogen-bond acceptors (Lipinski definition) is 2. The van der Waals surface area contributed by atoms with Crippen LogP contribution in [0.1, 0.15) is 30.1 Å². The Morgan fingerprint density at radius 3 is 2.52 bits per heavy atom. The molecule has 2 aromatic carbocycles. The number of benzene rings is 2. The first-order valence-electron chi connectivity index (χ1n) is 7.36. The Kier molecular flexibility index (Phi) is 3.91. The molecule has 1 saturated carbocycles. The number of rotatable bonds is 5. The van der Waals surface area contributed by atoms with Crippen molar-refractivity contribution in [2.45, 2.75) is 25.8 Å². The van der Waals surface area contributed by atoms with E-state index in [1.165, 1.54) is 12.8 Å². The molecule has 0 bridgehead atoms. The summed E-state index contributed by atoms with van der Waals surface area (Å²) in [5.74, 6) is 2.06. The van der Waals surface area contributed by atoms with Crippen LogP contribution in [0.3, 0.4) is 0 Å². The molecule has 0 radical (unpaired) electrons. The highest BCUT2D eigenvalue weighted by molar-refractivity contribution is 5.94. The average Bonchev–Trinajstić information content (AvgIpc) is 3.33. The van der Waals surface area contributed by atoms with Crippen molar-refractivity contribution in [3.8, 4) is 11.5 Å². The lowest BCUT2D eigenvalue weighted by atomic mass is 10.1. The van der Waals surface area contributed by atoms with Gasteiger partial charge in [-0.1, -0.05) is 24.3 Å². The van der Waals surface area contributed by atoms with Gasteiger partial charge in [-0.25, -0.2) is 0 Å². The largest absolute Gasteiger partial charge is 0.457 e. The van der Waals surface area contributed by atoms with E-state index in [2.05, 4.69) is 12.2 Å². The van der Waals surface area contributed by atoms with Crippen molar-refractivity contribution in [2.24, 2.45) is 5.92 Å². The summed E-state index contributed by atoms with van der Waals surface area (Å²) in [6, 6.07) is 17.1. The first-order chi connectivity index (χ1) is 10.2. The molecule has 1 aliphatic rings. The minimum atomic E-state index is -0.0343. The van der Waals surface area contributed by atoms with Crippen LogP contribution in [0.15, 0.2) is 54.6 Å². The number of ether oxygens (including phenoxy) is 1. The zero-order chi connectivity index (χ0) is 14.7. The lowest BCUT2D eigenvalue weighted by Crippen LogP contribution is -2.33. The van der Waals surface area contributed by atoms with Crippen molar-refractivity contribution in [1.82, 2.24) is 5.32 Å². The van der Waals surface area contributed by atoms with E-state index in [9.17, 15) is 4.79 Å². The zero-order valence-corrected chi connectivity index (χ0v) is 12.1. The van der Waals surface area contributed by atoms with Gasteiger partial charge < -0.3 is 10.1 Å². The highest BCUT2D eigenvalue weighted by Crippen LogP contribution is 2.32. The summed E-state index contributed by atoms with van der Waals surface area (Å²) in [6.45, 7) is 2.07. The van der Waals surface area contributed by atoms with Gasteiger partial charge in [-0.15, -0.1) is 0 Å². The van der Waals surface area contributed by atoms with Crippen LogP contribution in [0.2, 0.25) is 0 Å². The minimum Gasteiger partial charge on any atom is -0.457 e. The van der Waals surface area contributed by atoms with Crippen LogP contribution in [0, 0.1) is 5.92 Å². The molecule has 3 heteroatoms. The number of carbonyl (C=O) groups excluding carboxylic acids is 1. The van der Waals surface area contributed by atoms with Gasteiger partial charge >= 0.3 is 0 Å². The van der Waals surface area contributed by atoms with E-state index in [0.717, 1.165) is 5.75 Å². The molecule has 108 valence electrons. The van der Waals surface area contributed by atoms with Crippen LogP contribution < -0.4 is 10.1 Å². The third kappa shape index (κ3) is 3.63. The molecule has 0 heterocycles. The second kappa shape index (κ2) is 6.00. The van der Waals surface area contributed by atoms with Crippen molar-refractivity contribution in [2.75, 3.05) is 0 Å². The molecular formula is C18H19NO2. The molecule has 1 aliphatic carbocycles. The summed E-state index contributed by atoms with van der Waals surface area (Å²) in [7, 11) is 0. The van der Waals surface area contributed by atoms with E-state index < -0.39 is 0 Å². The molecule has 0 saturated heterocycles. The van der Waals surface area contributed by atoms with Crippen molar-refractivity contribution in [3.05, 3.63) is 60.2 Å². The van der Waals surface area contributed by atoms with Crippen LogP contribution in [0.5, 0.6) is 11.5 Å². The maximum absolute atomic E-state index is 12.2. The molecule has 3 rings (SSSR count). The normalized spacial score (nSPS) is 15.3. The molecule has 21 heavy (non-hydrogen) atoms. The molecular weight excluding hydrogens is 262 g/mol. The second-order valence-corrected chi connectivity index (χ2v) is 5.54. The zero-order valence-electron chi connectivity index (χ0n) is 12.1. The monoisotopic (exact) mass is 281 g/mol. The lowest BCUT2D eigenvalue weighted by molar-refractivity contribution is 0.0935. The molecule has 1 amide bonds. The predicted octanol–water partition coefficient (Wildman–Crippen LogP) is 4.01. The molecule has 2 aromatic rings. The van der Waals surface area contributed by atoms with Gasteiger partial charge in [0, 0.05) is 11.6 Å². The topological polar surface area (TPSA) is 38.3 Å². The molecule has 1 N–H and O–H groups in total. The molecule has 0 spiro atoms. The first-order valence-corrected chi connectivity index (χ1v) is 7.36. The molecule has 0 unspecified atom stereocenters. The molecule has 0 aliphatic heterocycles. The van der Waals surface area contributed by atoms with Gasteiger partial charge in [-0.3, -0.25) is 4.79 Å². The average molecular weight is 281 g/mol. The van der Waals surface area contributed by atoms with Crippen LogP contribution in [0.25, 0.3) is 0 Å². The van der Waals surface area contributed by atoms with Crippen LogP contribution in [0.4, 0.5) is 0 Å². The van der Waals surface area contributed by atoms with Gasteiger partial charge in [0.25, 0.3) is 5.91 Å². The van der Waals surface area contributed by atoms with E-state index in [1.807, 2.05) is 48.5 Å². The van der Waals surface area contributed by atoms with Gasteiger partial charge in [0.2, 0.25) is 0 Å². The minimum absolute atomic E-state index is 0.0343. The van der Waals surface area contributed by atoms with E-state index in [-0.39, 0.29) is 11.9 Å². The fraction of sp³-hybridized carbons (Fsp3) is 0.278. The Morgan fingerprint density at radius 2 is 1.81 bits per heavy atom. The molecule has 3 nitrogen and oxygen atoms in total. The summed E-state index contributed by atoms with van der Waals surface area (Å²) < 4.78 is 5.75. The fourth-order valence-electron chi connectivity index (χ4n) is 2.33. The quantitative estimate of drug-likeness (QED) is 0.899. The summed E-state index contributed by atoms with van der Waals surface area (Å²) in [4.78, 5) is 12.2. The molecule has 1 atom stereocenters. The van der Waals surface area contributed by atoms with Gasteiger partial charge in [-0.2, -0.15) is 0 Å². The maximum Gasteiger partial charge on any atom is 0.251 e. The number of nitrogens with one attached hydrogen (secondary N) is 1. The molecule has 0 aromatic heterocycles. The SMILES string of the molecule is C[C@H](NC(=O)c1cccc(Oc2ccccc2)c1)C1CC1. The van der Waals surface area contributed by atoms with E-state index in [1.54, 1.807) is 6.07 Å². The Morgan fingerprint density at radius 1 is 1.10 bits per heavy atom. The van der Waals surface area contributed by atoms with E-state index in [4.69, 9.17) is 4.74 Å². The van der Waals surface area contributed by atoms with Crippen molar-refractivity contribution >= 4 is 5.91 Å². The highest BCUT2D eigenvalue weighted by Gasteiger charge is 2.29. The summed E-state index contributed by atoms with van der Waals surface area (Å²) in [6.07, 6.45) is 2.44. The Balaban J connectivity index is 1.69. The number of para-hydroxylation sites is 1. The van der Waals surface area contributed by atoms with Crippen molar-refractivity contribution in [3.63, 3.8) is 0 Å². The van der Waals surface area contributed by atoms with Crippen LogP contribution in [-0.4, -0.2) is 11.9 Å². The standard InChI is InChI=1S/C18H19NO2/c1-13(14-10-11-14)19-18(20)15-6-5-9-17(12-15)21-16-7-3-2-4-8-16/h2-9,12-14H,10-11H2,1H3,(H,19,20)/t13-/m0/s1. The Labute approximate surface area is 124 Å². The fourth-order valence-corrected chi connectivity index (χ4v) is 2.33. The van der Waals surface area contributed by atoms with Gasteiger partial charge in [-0.05, 0) is 56.0 Å². The summed E-state index contributed by atoms with van der Waals surface area (Å²) in [5.41, 5.74) is 0.635. The molecule has 1 fully saturated rings. The number of amides is 1. The van der Waals surface area contributed by atoms with E-state index in [0.29, 0.717) is 17.2 Å². The van der Waals surface area contributed by atoms with Gasteiger partial charge in [0.1, 0.15) is 11.5 Å². The van der Waals surface area contributed by atoms with E-state index >= 15 is 0 Å². The third-order valence-corrected chi connectivity index (χ3v) is 3.76. The van der Waals surface area contributed by atoms with Crippen molar-refractivity contribution in [1.29, 1.82) is 0 Å².